The van der Waals surface area contributed by atoms with E-state index in [4.69, 9.17) is 27.2 Å². The van der Waals surface area contributed by atoms with E-state index in [0.717, 1.165) is 0 Å². The first-order chi connectivity index (χ1) is 6.07. The maximum atomic E-state index is 10.7. The Balaban J connectivity index is 3.38. The molecule has 0 heterocycles. The molecular formula is C8H8ClNO3. The van der Waals surface area contributed by atoms with Crippen LogP contribution in [0.4, 0.5) is 5.69 Å². The molecule has 0 spiro atoms. The summed E-state index contributed by atoms with van der Waals surface area (Å²) in [5.41, 5.74) is 5.66. The Morgan fingerprint density at radius 3 is 2.69 bits per heavy atom. The van der Waals surface area contributed by atoms with Gasteiger partial charge in [-0.05, 0) is 12.1 Å². The van der Waals surface area contributed by atoms with Crippen molar-refractivity contribution in [1.82, 2.24) is 0 Å². The van der Waals surface area contributed by atoms with E-state index in [-0.39, 0.29) is 22.0 Å². The molecule has 1 aromatic rings. The lowest BCUT2D eigenvalue weighted by Gasteiger charge is -2.08. The third kappa shape index (κ3) is 1.67. The Bertz CT molecular complexity index is 351. The molecule has 0 fully saturated rings. The van der Waals surface area contributed by atoms with Crippen LogP contribution in [0.15, 0.2) is 12.1 Å². The molecule has 0 atom stereocenters. The van der Waals surface area contributed by atoms with Crippen molar-refractivity contribution < 1.29 is 14.6 Å². The summed E-state index contributed by atoms with van der Waals surface area (Å²) in [6.07, 6.45) is 0. The summed E-state index contributed by atoms with van der Waals surface area (Å²) >= 11 is 5.67. The van der Waals surface area contributed by atoms with Crippen LogP contribution < -0.4 is 10.5 Å². The minimum absolute atomic E-state index is 0.00407. The summed E-state index contributed by atoms with van der Waals surface area (Å²) in [6.45, 7) is 0. The molecule has 4 nitrogen and oxygen atoms in total. The molecule has 0 aliphatic heterocycles. The van der Waals surface area contributed by atoms with Gasteiger partial charge in [-0.2, -0.15) is 0 Å². The number of nitrogen functional groups attached to an aromatic ring is 1. The molecular weight excluding hydrogens is 194 g/mol. The first-order valence-electron chi connectivity index (χ1n) is 3.43. The van der Waals surface area contributed by atoms with E-state index in [2.05, 4.69) is 0 Å². The number of anilines is 1. The molecule has 0 aliphatic rings. The number of carbonyl (C=O) groups is 1. The fourth-order valence-electron chi connectivity index (χ4n) is 0.964. The quantitative estimate of drug-likeness (QED) is 0.714. The van der Waals surface area contributed by atoms with E-state index in [1.165, 1.54) is 19.2 Å². The van der Waals surface area contributed by atoms with Crippen molar-refractivity contribution in [2.75, 3.05) is 12.8 Å². The molecule has 0 aromatic heterocycles. The fraction of sp³-hybridized carbons (Fsp3) is 0.125. The predicted molar refractivity (Wildman–Crippen MR) is 49.4 cm³/mol. The van der Waals surface area contributed by atoms with Crippen LogP contribution in [-0.2, 0) is 0 Å². The van der Waals surface area contributed by atoms with Gasteiger partial charge in [0.05, 0.1) is 17.8 Å². The summed E-state index contributed by atoms with van der Waals surface area (Å²) in [5, 5.41) is 9.01. The van der Waals surface area contributed by atoms with Gasteiger partial charge in [-0.3, -0.25) is 0 Å². The molecule has 0 amide bonds. The lowest BCUT2D eigenvalue weighted by molar-refractivity contribution is 0.0693. The Hall–Kier alpha value is -1.42. The average molecular weight is 202 g/mol. The molecule has 0 bridgehead atoms. The van der Waals surface area contributed by atoms with Crippen molar-refractivity contribution in [3.8, 4) is 5.75 Å². The number of nitrogens with two attached hydrogens (primary N) is 1. The van der Waals surface area contributed by atoms with Crippen molar-refractivity contribution in [2.45, 2.75) is 0 Å². The maximum absolute atomic E-state index is 10.7. The highest BCUT2D eigenvalue weighted by Gasteiger charge is 2.15. The normalized spacial score (nSPS) is 9.69. The second-order valence-electron chi connectivity index (χ2n) is 2.35. The van der Waals surface area contributed by atoms with Crippen LogP contribution in [0.5, 0.6) is 5.75 Å². The van der Waals surface area contributed by atoms with Crippen LogP contribution in [-0.4, -0.2) is 18.2 Å². The van der Waals surface area contributed by atoms with E-state index in [9.17, 15) is 4.79 Å². The molecule has 13 heavy (non-hydrogen) atoms. The van der Waals surface area contributed by atoms with Gasteiger partial charge in [0, 0.05) is 0 Å². The molecule has 70 valence electrons. The van der Waals surface area contributed by atoms with Crippen LogP contribution in [0.3, 0.4) is 0 Å². The van der Waals surface area contributed by atoms with E-state index in [0.29, 0.717) is 0 Å². The monoisotopic (exact) mass is 201 g/mol. The third-order valence-electron chi connectivity index (χ3n) is 1.58. The molecule has 0 radical (unpaired) electrons. The van der Waals surface area contributed by atoms with Crippen LogP contribution in [0, 0.1) is 0 Å². The van der Waals surface area contributed by atoms with Gasteiger partial charge in [0.25, 0.3) is 0 Å². The average Bonchev–Trinajstić information content (AvgIpc) is 2.09. The standard InChI is InChI=1S/C8H8ClNO3/c1-13-7-4(8(11)12)2-3-5(9)6(7)10/h2-3H,10H2,1H3,(H,11,12). The number of rotatable bonds is 2. The van der Waals surface area contributed by atoms with Crippen LogP contribution >= 0.6 is 11.6 Å². The Morgan fingerprint density at radius 2 is 2.23 bits per heavy atom. The number of carboxylic acids is 1. The van der Waals surface area contributed by atoms with Crippen molar-refractivity contribution in [3.63, 3.8) is 0 Å². The Labute approximate surface area is 79.9 Å². The maximum Gasteiger partial charge on any atom is 0.339 e. The summed E-state index contributed by atoms with van der Waals surface area (Å²) in [6, 6.07) is 2.77. The Kier molecular flexibility index (Phi) is 2.63. The second-order valence-corrected chi connectivity index (χ2v) is 2.75. The van der Waals surface area contributed by atoms with Crippen molar-refractivity contribution in [1.29, 1.82) is 0 Å². The third-order valence-corrected chi connectivity index (χ3v) is 1.91. The highest BCUT2D eigenvalue weighted by atomic mass is 35.5. The van der Waals surface area contributed by atoms with Crippen LogP contribution in [0.25, 0.3) is 0 Å². The number of hydrogen-bond donors (Lipinski definition) is 2. The van der Waals surface area contributed by atoms with Gasteiger partial charge in [0.15, 0.2) is 5.75 Å². The van der Waals surface area contributed by atoms with Gasteiger partial charge in [0.1, 0.15) is 5.56 Å². The fourth-order valence-corrected chi connectivity index (χ4v) is 1.11. The first-order valence-corrected chi connectivity index (χ1v) is 3.81. The topological polar surface area (TPSA) is 72.5 Å². The van der Waals surface area contributed by atoms with Gasteiger partial charge >= 0.3 is 5.97 Å². The molecule has 0 aliphatic carbocycles. The molecule has 0 saturated heterocycles. The van der Waals surface area contributed by atoms with Crippen molar-refractivity contribution in [2.24, 2.45) is 0 Å². The number of ether oxygens (including phenoxy) is 1. The van der Waals surface area contributed by atoms with E-state index in [1.54, 1.807) is 0 Å². The second kappa shape index (κ2) is 3.53. The summed E-state index contributed by atoms with van der Waals surface area (Å²) in [7, 11) is 1.34. The number of hydrogen-bond acceptors (Lipinski definition) is 3. The number of carboxylic acid groups (broad SMARTS) is 1. The van der Waals surface area contributed by atoms with E-state index in [1.807, 2.05) is 0 Å². The lowest BCUT2D eigenvalue weighted by Crippen LogP contribution is -2.03. The molecule has 5 heteroatoms. The predicted octanol–water partition coefficient (Wildman–Crippen LogP) is 1.63. The first kappa shape index (κ1) is 9.67. The molecule has 3 N–H and O–H groups in total. The number of methoxy groups -OCH3 is 1. The zero-order valence-electron chi connectivity index (χ0n) is 6.87. The van der Waals surface area contributed by atoms with E-state index >= 15 is 0 Å². The Morgan fingerprint density at radius 1 is 1.62 bits per heavy atom. The minimum Gasteiger partial charge on any atom is -0.494 e. The highest BCUT2D eigenvalue weighted by molar-refractivity contribution is 6.33. The zero-order chi connectivity index (χ0) is 10.0. The van der Waals surface area contributed by atoms with Crippen molar-refractivity contribution >= 4 is 23.3 Å². The molecule has 0 saturated carbocycles. The van der Waals surface area contributed by atoms with Gasteiger partial charge < -0.3 is 15.6 Å². The van der Waals surface area contributed by atoms with Gasteiger partial charge in [0.2, 0.25) is 0 Å². The van der Waals surface area contributed by atoms with Crippen molar-refractivity contribution in [3.05, 3.63) is 22.7 Å². The van der Waals surface area contributed by atoms with Crippen LogP contribution in [0.1, 0.15) is 10.4 Å². The molecule has 1 rings (SSSR count). The van der Waals surface area contributed by atoms with E-state index < -0.39 is 5.97 Å². The van der Waals surface area contributed by atoms with Gasteiger partial charge in [-0.15, -0.1) is 0 Å². The number of aromatic carboxylic acids is 1. The molecule has 0 unspecified atom stereocenters. The van der Waals surface area contributed by atoms with Gasteiger partial charge in [-0.25, -0.2) is 4.79 Å². The highest BCUT2D eigenvalue weighted by Crippen LogP contribution is 2.32. The van der Waals surface area contributed by atoms with Gasteiger partial charge in [-0.1, -0.05) is 11.6 Å². The number of benzene rings is 1. The smallest absolute Gasteiger partial charge is 0.339 e. The lowest BCUT2D eigenvalue weighted by atomic mass is 10.2. The largest absolute Gasteiger partial charge is 0.494 e. The minimum atomic E-state index is -1.10. The number of halogens is 1. The summed E-state index contributed by atoms with van der Waals surface area (Å²) in [4.78, 5) is 10.7. The summed E-state index contributed by atoms with van der Waals surface area (Å²) in [5.74, 6) is -1.000. The SMILES string of the molecule is COc1c(C(=O)O)ccc(Cl)c1N. The molecule has 1 aromatic carbocycles. The summed E-state index contributed by atoms with van der Waals surface area (Å²) < 4.78 is 4.83. The zero-order valence-corrected chi connectivity index (χ0v) is 7.63. The van der Waals surface area contributed by atoms with Crippen LogP contribution in [0.2, 0.25) is 5.02 Å².